The number of quaternary nitrogens is 1. The second kappa shape index (κ2) is 6.01. The summed E-state index contributed by atoms with van der Waals surface area (Å²) in [5, 5.41) is 8.76. The first kappa shape index (κ1) is 18.7. The molecular formula is C14H27N2O4+. The molecule has 0 saturated heterocycles. The number of hydrogen-bond donors (Lipinski definition) is 2. The number of amides is 2. The van der Waals surface area contributed by atoms with E-state index in [1.54, 1.807) is 0 Å². The molecule has 0 bridgehead atoms. The maximum atomic E-state index is 12.6. The van der Waals surface area contributed by atoms with Gasteiger partial charge in [0.2, 0.25) is 0 Å². The lowest BCUT2D eigenvalue weighted by atomic mass is 9.90. The molecule has 0 aliphatic rings. The molecule has 1 atom stereocenters. The average molecular weight is 287 g/mol. The Labute approximate surface area is 120 Å². The number of imide groups is 1. The lowest BCUT2D eigenvalue weighted by Gasteiger charge is -2.49. The normalized spacial score (nSPS) is 14.8. The molecule has 0 fully saturated rings. The Bertz CT molecular complexity index is 377. The summed E-state index contributed by atoms with van der Waals surface area (Å²) in [4.78, 5) is 35.1. The molecular weight excluding hydrogens is 260 g/mol. The summed E-state index contributed by atoms with van der Waals surface area (Å²) >= 11 is 0. The van der Waals surface area contributed by atoms with Crippen LogP contribution in [0.15, 0.2) is 0 Å². The van der Waals surface area contributed by atoms with Crippen molar-refractivity contribution in [2.75, 3.05) is 0 Å². The molecule has 0 saturated carbocycles. The van der Waals surface area contributed by atoms with E-state index in [1.165, 1.54) is 0 Å². The number of carbonyl (C=O) groups is 3. The van der Waals surface area contributed by atoms with Gasteiger partial charge < -0.3 is 10.8 Å². The van der Waals surface area contributed by atoms with Gasteiger partial charge in [0.1, 0.15) is 17.1 Å². The van der Waals surface area contributed by atoms with Gasteiger partial charge in [-0.05, 0) is 48.0 Å². The van der Waals surface area contributed by atoms with E-state index in [-0.39, 0.29) is 23.2 Å². The van der Waals surface area contributed by atoms with Crippen LogP contribution in [-0.4, -0.2) is 45.0 Å². The zero-order valence-electron chi connectivity index (χ0n) is 13.3. The minimum Gasteiger partial charge on any atom is -0.480 e. The molecule has 0 aliphatic carbocycles. The molecule has 0 rings (SSSR count). The van der Waals surface area contributed by atoms with E-state index >= 15 is 0 Å². The molecule has 3 N–H and O–H groups in total. The van der Waals surface area contributed by atoms with Crippen molar-refractivity contribution in [3.8, 4) is 0 Å². The molecule has 0 heterocycles. The van der Waals surface area contributed by atoms with E-state index in [1.807, 2.05) is 41.5 Å². The Morgan fingerprint density at radius 3 is 1.80 bits per heavy atom. The highest BCUT2D eigenvalue weighted by molar-refractivity contribution is 5.79. The number of rotatable bonds is 5. The number of carbonyl (C=O) groups excluding carboxylic acids is 2. The van der Waals surface area contributed by atoms with Crippen molar-refractivity contribution in [3.63, 3.8) is 0 Å². The minimum atomic E-state index is -1.14. The van der Waals surface area contributed by atoms with Crippen molar-refractivity contribution in [1.82, 2.24) is 0 Å². The predicted molar refractivity (Wildman–Crippen MR) is 75.7 cm³/mol. The monoisotopic (exact) mass is 287 g/mol. The zero-order valence-corrected chi connectivity index (χ0v) is 13.3. The third-order valence-electron chi connectivity index (χ3n) is 3.65. The van der Waals surface area contributed by atoms with E-state index < -0.39 is 23.1 Å². The predicted octanol–water partition coefficient (Wildman–Crippen LogP) is 1.28. The van der Waals surface area contributed by atoms with E-state index in [2.05, 4.69) is 0 Å². The summed E-state index contributed by atoms with van der Waals surface area (Å²) in [6.07, 6.45) is 0.642. The second-order valence-electron chi connectivity index (χ2n) is 7.05. The summed E-state index contributed by atoms with van der Waals surface area (Å²) < 4.78 is -0.369. The lowest BCUT2D eigenvalue weighted by Crippen LogP contribution is -2.71. The first-order valence-corrected chi connectivity index (χ1v) is 6.68. The van der Waals surface area contributed by atoms with Crippen molar-refractivity contribution >= 4 is 18.3 Å². The molecule has 6 heteroatoms. The topological polar surface area (TPSA) is 97.5 Å². The Morgan fingerprint density at radius 1 is 1.15 bits per heavy atom. The van der Waals surface area contributed by atoms with Gasteiger partial charge in [-0.3, -0.25) is 4.79 Å². The first-order chi connectivity index (χ1) is 8.81. The molecule has 2 amide bonds. The van der Waals surface area contributed by atoms with Crippen molar-refractivity contribution in [2.24, 2.45) is 5.73 Å². The van der Waals surface area contributed by atoms with E-state index in [0.29, 0.717) is 6.41 Å². The van der Waals surface area contributed by atoms with Gasteiger partial charge in [-0.2, -0.15) is 4.48 Å². The van der Waals surface area contributed by atoms with Crippen LogP contribution in [0.3, 0.4) is 0 Å². The van der Waals surface area contributed by atoms with Gasteiger partial charge >= 0.3 is 18.3 Å². The molecule has 116 valence electrons. The highest BCUT2D eigenvalue weighted by atomic mass is 16.4. The fraction of sp³-hybridized carbons (Fsp3) is 0.786. The third kappa shape index (κ3) is 3.43. The van der Waals surface area contributed by atoms with Crippen LogP contribution < -0.4 is 5.73 Å². The van der Waals surface area contributed by atoms with Crippen molar-refractivity contribution < 1.29 is 24.0 Å². The summed E-state index contributed by atoms with van der Waals surface area (Å²) in [6, 6.07) is -1.09. The largest absolute Gasteiger partial charge is 0.480 e. The summed E-state index contributed by atoms with van der Waals surface area (Å²) in [5.74, 6) is -1.45. The highest BCUT2D eigenvalue weighted by Crippen LogP contribution is 2.35. The summed E-state index contributed by atoms with van der Waals surface area (Å²) in [6.45, 7) is 10.9. The van der Waals surface area contributed by atoms with Crippen LogP contribution >= 0.6 is 0 Å². The zero-order chi connectivity index (χ0) is 16.4. The van der Waals surface area contributed by atoms with Gasteiger partial charge in [-0.25, -0.2) is 9.59 Å². The van der Waals surface area contributed by atoms with E-state index in [9.17, 15) is 14.4 Å². The molecule has 0 aliphatic heterocycles. The average Bonchev–Trinajstić information content (AvgIpc) is 2.22. The van der Waals surface area contributed by atoms with Gasteiger partial charge in [0.25, 0.3) is 0 Å². The number of aliphatic carboxylic acids is 1. The smallest absolute Gasteiger partial charge is 0.321 e. The van der Waals surface area contributed by atoms with E-state index in [4.69, 9.17) is 10.8 Å². The van der Waals surface area contributed by atoms with Crippen LogP contribution in [0, 0.1) is 0 Å². The van der Waals surface area contributed by atoms with Crippen LogP contribution in [0.1, 0.15) is 54.4 Å². The molecule has 0 unspecified atom stereocenters. The maximum Gasteiger partial charge on any atom is 0.321 e. The fourth-order valence-corrected chi connectivity index (χ4v) is 2.71. The lowest BCUT2D eigenvalue weighted by molar-refractivity contribution is -0.866. The number of nitrogens with two attached hydrogens (primary N) is 1. The van der Waals surface area contributed by atoms with Crippen LogP contribution in [0.2, 0.25) is 0 Å². The number of nitrogens with zero attached hydrogens (tertiary/aromatic N) is 1. The molecule has 0 radical (unpaired) electrons. The molecule has 0 aromatic carbocycles. The van der Waals surface area contributed by atoms with Crippen molar-refractivity contribution in [1.29, 1.82) is 0 Å². The van der Waals surface area contributed by atoms with Crippen LogP contribution in [0.5, 0.6) is 0 Å². The Kier molecular flexibility index (Phi) is 5.63. The van der Waals surface area contributed by atoms with Gasteiger partial charge in [0, 0.05) is 0 Å². The van der Waals surface area contributed by atoms with Gasteiger partial charge in [-0.1, -0.05) is 0 Å². The number of carboxylic acids is 1. The van der Waals surface area contributed by atoms with Gasteiger partial charge in [-0.15, -0.1) is 0 Å². The Morgan fingerprint density at radius 2 is 1.55 bits per heavy atom. The molecule has 0 spiro atoms. The van der Waals surface area contributed by atoms with Crippen molar-refractivity contribution in [2.45, 2.75) is 71.5 Å². The van der Waals surface area contributed by atoms with Crippen molar-refractivity contribution in [3.05, 3.63) is 0 Å². The van der Waals surface area contributed by atoms with Crippen LogP contribution in [-0.2, 0) is 14.4 Å². The fourth-order valence-electron chi connectivity index (χ4n) is 2.71. The van der Waals surface area contributed by atoms with Crippen LogP contribution in [0.4, 0.5) is 0 Å². The van der Waals surface area contributed by atoms with Crippen LogP contribution in [0.25, 0.3) is 0 Å². The highest BCUT2D eigenvalue weighted by Gasteiger charge is 2.55. The molecule has 0 aromatic rings. The number of hydrogen-bond acceptors (Lipinski definition) is 4. The quantitative estimate of drug-likeness (QED) is 0.586. The molecule has 6 nitrogen and oxygen atoms in total. The second-order valence-corrected chi connectivity index (χ2v) is 7.05. The SMILES string of the molecule is CC(C)(C)[N+](C=O)(C(=O)CC[C@H](N)C(=O)O)C(C)(C)C. The third-order valence-corrected chi connectivity index (χ3v) is 3.65. The first-order valence-electron chi connectivity index (χ1n) is 6.68. The number of carboxylic acid groups (broad SMARTS) is 1. The summed E-state index contributed by atoms with van der Waals surface area (Å²) in [5.41, 5.74) is 4.18. The molecule has 0 aromatic heterocycles. The van der Waals surface area contributed by atoms with Gasteiger partial charge in [0.15, 0.2) is 0 Å². The Hall–Kier alpha value is -1.27. The summed E-state index contributed by atoms with van der Waals surface area (Å²) in [7, 11) is 0. The Balaban J connectivity index is 5.42. The van der Waals surface area contributed by atoms with E-state index in [0.717, 1.165) is 0 Å². The molecule has 20 heavy (non-hydrogen) atoms. The maximum absolute atomic E-state index is 12.6. The standard InChI is InChI=1S/C14H26N2O4/c1-13(2,3)16(9-17,14(4,5)6)11(18)8-7-10(15)12(19)20/h9-10H,7-8,15H2,1-6H3/p+1/t10-/m0/s1. The van der Waals surface area contributed by atoms with Gasteiger partial charge in [0.05, 0.1) is 6.42 Å². The minimum absolute atomic E-state index is 0.0220.